The average Bonchev–Trinajstić information content (AvgIpc) is 3.20. The Kier molecular flexibility index (Phi) is 4.34. The summed E-state index contributed by atoms with van der Waals surface area (Å²) in [6, 6.07) is 7.49. The highest BCUT2D eigenvalue weighted by Gasteiger charge is 2.36. The maximum Gasteiger partial charge on any atom is 0.257 e. The van der Waals surface area contributed by atoms with Gasteiger partial charge in [-0.25, -0.2) is 0 Å². The number of likely N-dealkylation sites (tertiary alicyclic amines) is 1. The van der Waals surface area contributed by atoms with Crippen LogP contribution in [-0.4, -0.2) is 45.5 Å². The molecule has 2 atom stereocenters. The molecule has 2 heterocycles. The van der Waals surface area contributed by atoms with E-state index in [0.29, 0.717) is 18.5 Å². The first kappa shape index (κ1) is 15.6. The molecule has 0 radical (unpaired) electrons. The van der Waals surface area contributed by atoms with E-state index in [-0.39, 0.29) is 11.9 Å². The number of hydrogen-bond donors (Lipinski definition) is 1. The standard InChI is InChI=1S/C17H21N3O3/c1-3-19-10-13(9-18-19)17(22)20-11-14(21)8-16(20)12-5-4-6-15(7-12)23-2/h4-7,9-10,14,16,21H,3,8,11H2,1-2H3/t14-,16-/m1/s1. The van der Waals surface area contributed by atoms with Crippen molar-refractivity contribution in [3.63, 3.8) is 0 Å². The summed E-state index contributed by atoms with van der Waals surface area (Å²) in [5.41, 5.74) is 1.52. The van der Waals surface area contributed by atoms with Gasteiger partial charge in [0.2, 0.25) is 0 Å². The lowest BCUT2D eigenvalue weighted by Gasteiger charge is -2.24. The molecule has 6 heteroatoms. The number of β-amino-alcohol motifs (C(OH)–C–C–N with tert-alkyl or cyclic N) is 1. The first-order valence-corrected chi connectivity index (χ1v) is 7.77. The summed E-state index contributed by atoms with van der Waals surface area (Å²) in [5.74, 6) is 0.643. The number of aryl methyl sites for hydroxylation is 1. The maximum absolute atomic E-state index is 12.8. The Balaban J connectivity index is 1.88. The number of amides is 1. The SMILES string of the molecule is CCn1cc(C(=O)N2C[C@H](O)C[C@@H]2c2cccc(OC)c2)cn1. The number of aliphatic hydroxyl groups is 1. The van der Waals surface area contributed by atoms with Gasteiger partial charge in [-0.3, -0.25) is 9.48 Å². The summed E-state index contributed by atoms with van der Waals surface area (Å²) in [7, 11) is 1.62. The highest BCUT2D eigenvalue weighted by Crippen LogP contribution is 2.34. The monoisotopic (exact) mass is 315 g/mol. The highest BCUT2D eigenvalue weighted by molar-refractivity contribution is 5.94. The molecule has 1 saturated heterocycles. The van der Waals surface area contributed by atoms with E-state index in [4.69, 9.17) is 4.74 Å². The Bertz CT molecular complexity index is 698. The second kappa shape index (κ2) is 6.42. The number of carbonyl (C=O) groups excluding carboxylic acids is 1. The zero-order chi connectivity index (χ0) is 16.4. The average molecular weight is 315 g/mol. The fourth-order valence-electron chi connectivity index (χ4n) is 3.02. The van der Waals surface area contributed by atoms with Crippen LogP contribution in [0.3, 0.4) is 0 Å². The van der Waals surface area contributed by atoms with Crippen molar-refractivity contribution in [1.82, 2.24) is 14.7 Å². The van der Waals surface area contributed by atoms with E-state index in [1.807, 2.05) is 31.2 Å². The van der Waals surface area contributed by atoms with Crippen molar-refractivity contribution in [3.05, 3.63) is 47.8 Å². The van der Waals surface area contributed by atoms with Crippen molar-refractivity contribution < 1.29 is 14.6 Å². The number of aromatic nitrogens is 2. The lowest BCUT2D eigenvalue weighted by Crippen LogP contribution is -2.31. The van der Waals surface area contributed by atoms with E-state index in [1.165, 1.54) is 0 Å². The number of rotatable bonds is 4. The van der Waals surface area contributed by atoms with Gasteiger partial charge in [0.25, 0.3) is 5.91 Å². The van der Waals surface area contributed by atoms with Gasteiger partial charge in [0, 0.05) is 19.3 Å². The molecule has 1 amide bonds. The second-order valence-electron chi connectivity index (χ2n) is 5.72. The number of aliphatic hydroxyl groups excluding tert-OH is 1. The first-order chi connectivity index (χ1) is 11.1. The quantitative estimate of drug-likeness (QED) is 0.935. The molecule has 0 spiro atoms. The minimum Gasteiger partial charge on any atom is -0.497 e. The van der Waals surface area contributed by atoms with Crippen LogP contribution in [0.25, 0.3) is 0 Å². The normalized spacial score (nSPS) is 20.7. The van der Waals surface area contributed by atoms with Crippen LogP contribution in [-0.2, 0) is 6.54 Å². The molecule has 6 nitrogen and oxygen atoms in total. The van der Waals surface area contributed by atoms with Crippen LogP contribution in [0.5, 0.6) is 5.75 Å². The minimum absolute atomic E-state index is 0.103. The summed E-state index contributed by atoms with van der Waals surface area (Å²) in [6.45, 7) is 3.02. The molecule has 122 valence electrons. The van der Waals surface area contributed by atoms with E-state index in [9.17, 15) is 9.90 Å². The van der Waals surface area contributed by atoms with Gasteiger partial charge in [-0.15, -0.1) is 0 Å². The molecule has 1 fully saturated rings. The Morgan fingerprint density at radius 1 is 1.48 bits per heavy atom. The topological polar surface area (TPSA) is 67.6 Å². The summed E-state index contributed by atoms with van der Waals surface area (Å²) in [5, 5.41) is 14.2. The molecule has 1 N–H and O–H groups in total. The molecule has 0 saturated carbocycles. The molecule has 3 rings (SSSR count). The van der Waals surface area contributed by atoms with Crippen LogP contribution in [0.2, 0.25) is 0 Å². The summed E-state index contributed by atoms with van der Waals surface area (Å²) >= 11 is 0. The fraction of sp³-hybridized carbons (Fsp3) is 0.412. The van der Waals surface area contributed by atoms with E-state index >= 15 is 0 Å². The number of benzene rings is 1. The number of hydrogen-bond acceptors (Lipinski definition) is 4. The van der Waals surface area contributed by atoms with Gasteiger partial charge in [0.05, 0.1) is 31.0 Å². The smallest absolute Gasteiger partial charge is 0.257 e. The van der Waals surface area contributed by atoms with Gasteiger partial charge in [0.1, 0.15) is 5.75 Å². The molecule has 1 aliphatic rings. The maximum atomic E-state index is 12.8. The van der Waals surface area contributed by atoms with Crippen LogP contribution in [0, 0.1) is 0 Å². The van der Waals surface area contributed by atoms with E-state index < -0.39 is 6.10 Å². The van der Waals surface area contributed by atoms with Gasteiger partial charge in [-0.2, -0.15) is 5.10 Å². The molecular weight excluding hydrogens is 294 g/mol. The second-order valence-corrected chi connectivity index (χ2v) is 5.72. The van der Waals surface area contributed by atoms with Gasteiger partial charge < -0.3 is 14.7 Å². The molecule has 0 unspecified atom stereocenters. The predicted molar refractivity (Wildman–Crippen MR) is 85.3 cm³/mol. The van der Waals surface area contributed by atoms with E-state index in [0.717, 1.165) is 17.9 Å². The molecule has 2 aromatic rings. The van der Waals surface area contributed by atoms with Crippen molar-refractivity contribution in [2.24, 2.45) is 0 Å². The van der Waals surface area contributed by atoms with Crippen LogP contribution < -0.4 is 4.74 Å². The largest absolute Gasteiger partial charge is 0.497 e. The predicted octanol–water partition coefficient (Wildman–Crippen LogP) is 1.86. The number of carbonyl (C=O) groups is 1. The van der Waals surface area contributed by atoms with Gasteiger partial charge >= 0.3 is 0 Å². The molecule has 1 aromatic heterocycles. The van der Waals surface area contributed by atoms with Crippen molar-refractivity contribution in [2.75, 3.05) is 13.7 Å². The summed E-state index contributed by atoms with van der Waals surface area (Å²) in [4.78, 5) is 14.5. The highest BCUT2D eigenvalue weighted by atomic mass is 16.5. The van der Waals surface area contributed by atoms with Gasteiger partial charge in [-0.1, -0.05) is 12.1 Å². The molecule has 0 aliphatic carbocycles. The van der Waals surface area contributed by atoms with Gasteiger partial charge in [0.15, 0.2) is 0 Å². The van der Waals surface area contributed by atoms with Crippen molar-refractivity contribution in [3.8, 4) is 5.75 Å². The van der Waals surface area contributed by atoms with E-state index in [1.54, 1.807) is 29.1 Å². The number of methoxy groups -OCH3 is 1. The summed E-state index contributed by atoms with van der Waals surface area (Å²) < 4.78 is 6.98. The van der Waals surface area contributed by atoms with Crippen molar-refractivity contribution in [1.29, 1.82) is 0 Å². The number of nitrogens with zero attached hydrogens (tertiary/aromatic N) is 3. The first-order valence-electron chi connectivity index (χ1n) is 7.77. The van der Waals surface area contributed by atoms with Crippen molar-refractivity contribution in [2.45, 2.75) is 32.0 Å². The Hall–Kier alpha value is -2.34. The lowest BCUT2D eigenvalue weighted by atomic mass is 10.0. The Morgan fingerprint density at radius 2 is 2.30 bits per heavy atom. The molecule has 23 heavy (non-hydrogen) atoms. The fourth-order valence-corrected chi connectivity index (χ4v) is 3.02. The van der Waals surface area contributed by atoms with Gasteiger partial charge in [-0.05, 0) is 31.0 Å². The third kappa shape index (κ3) is 3.07. The van der Waals surface area contributed by atoms with Crippen LogP contribution >= 0.6 is 0 Å². The Morgan fingerprint density at radius 3 is 3.00 bits per heavy atom. The van der Waals surface area contributed by atoms with Crippen LogP contribution in [0.15, 0.2) is 36.7 Å². The lowest BCUT2D eigenvalue weighted by molar-refractivity contribution is 0.0715. The molecular formula is C17H21N3O3. The zero-order valence-electron chi connectivity index (χ0n) is 13.3. The zero-order valence-corrected chi connectivity index (χ0v) is 13.3. The van der Waals surface area contributed by atoms with Crippen molar-refractivity contribution >= 4 is 5.91 Å². The minimum atomic E-state index is -0.517. The van der Waals surface area contributed by atoms with E-state index in [2.05, 4.69) is 5.10 Å². The van der Waals surface area contributed by atoms with Crippen LogP contribution in [0.4, 0.5) is 0 Å². The third-order valence-electron chi connectivity index (χ3n) is 4.22. The summed E-state index contributed by atoms with van der Waals surface area (Å²) in [6.07, 6.45) is 3.34. The molecule has 0 bridgehead atoms. The molecule has 1 aromatic carbocycles. The Labute approximate surface area is 135 Å². The third-order valence-corrected chi connectivity index (χ3v) is 4.22. The molecule has 1 aliphatic heterocycles. The van der Waals surface area contributed by atoms with Crippen LogP contribution in [0.1, 0.15) is 35.3 Å². The number of ether oxygens (including phenoxy) is 1.